The summed E-state index contributed by atoms with van der Waals surface area (Å²) in [6, 6.07) is 16.7. The summed E-state index contributed by atoms with van der Waals surface area (Å²) in [7, 11) is 1.35. The molecular formula is C21H19N5O3S. The Morgan fingerprint density at radius 3 is 2.63 bits per heavy atom. The lowest BCUT2D eigenvalue weighted by molar-refractivity contribution is 0.0600. The minimum absolute atomic E-state index is 0.164. The van der Waals surface area contributed by atoms with Crippen LogP contribution in [0.3, 0.4) is 0 Å². The Hall–Kier alpha value is -3.59. The largest absolute Gasteiger partial charge is 0.480 e. The maximum atomic E-state index is 11.7. The van der Waals surface area contributed by atoms with Gasteiger partial charge in [0.05, 0.1) is 19.2 Å². The molecule has 0 saturated heterocycles. The SMILES string of the molecule is COC(=O)c1cccc(CSc2nc(N)c3nc(O)n(Cc4ccccc4)c3n2)c1. The molecule has 3 N–H and O–H groups in total. The molecule has 30 heavy (non-hydrogen) atoms. The Bertz CT molecular complexity index is 1210. The fraction of sp³-hybridized carbons (Fsp3) is 0.143. The number of thioether (sulfide) groups is 1. The second-order valence-corrected chi connectivity index (χ2v) is 7.47. The van der Waals surface area contributed by atoms with E-state index in [2.05, 4.69) is 15.0 Å². The van der Waals surface area contributed by atoms with Crippen molar-refractivity contribution in [3.05, 3.63) is 71.3 Å². The smallest absolute Gasteiger partial charge is 0.337 e. The van der Waals surface area contributed by atoms with Crippen LogP contribution in [0, 0.1) is 0 Å². The number of ether oxygens (including phenoxy) is 1. The van der Waals surface area contributed by atoms with Gasteiger partial charge in [0.25, 0.3) is 6.01 Å². The van der Waals surface area contributed by atoms with Gasteiger partial charge < -0.3 is 15.6 Å². The molecule has 0 unspecified atom stereocenters. The molecule has 0 aliphatic rings. The second kappa shape index (κ2) is 8.42. The molecule has 2 heterocycles. The van der Waals surface area contributed by atoms with E-state index in [0.29, 0.717) is 34.2 Å². The normalized spacial score (nSPS) is 11.0. The zero-order valence-corrected chi connectivity index (χ0v) is 17.0. The Kier molecular flexibility index (Phi) is 5.53. The van der Waals surface area contributed by atoms with Crippen LogP contribution in [0.2, 0.25) is 0 Å². The number of carbonyl (C=O) groups excluding carboxylic acids is 1. The second-order valence-electron chi connectivity index (χ2n) is 6.53. The molecule has 0 bridgehead atoms. The van der Waals surface area contributed by atoms with Crippen LogP contribution in [-0.4, -0.2) is 37.7 Å². The van der Waals surface area contributed by atoms with E-state index < -0.39 is 0 Å². The van der Waals surface area contributed by atoms with E-state index in [9.17, 15) is 9.90 Å². The highest BCUT2D eigenvalue weighted by atomic mass is 32.2. The van der Waals surface area contributed by atoms with Gasteiger partial charge in [-0.2, -0.15) is 4.98 Å². The molecule has 0 spiro atoms. The van der Waals surface area contributed by atoms with Crippen LogP contribution < -0.4 is 5.73 Å². The van der Waals surface area contributed by atoms with Gasteiger partial charge in [-0.25, -0.2) is 14.8 Å². The number of fused-ring (bicyclic) bond motifs is 1. The predicted molar refractivity (Wildman–Crippen MR) is 114 cm³/mol. The van der Waals surface area contributed by atoms with Crippen molar-refractivity contribution in [1.29, 1.82) is 0 Å². The number of carbonyl (C=O) groups is 1. The number of aromatic nitrogens is 4. The molecular weight excluding hydrogens is 402 g/mol. The third kappa shape index (κ3) is 4.06. The molecule has 2 aromatic carbocycles. The average Bonchev–Trinajstić information content (AvgIpc) is 3.08. The fourth-order valence-electron chi connectivity index (χ4n) is 3.02. The quantitative estimate of drug-likeness (QED) is 0.277. The maximum Gasteiger partial charge on any atom is 0.337 e. The minimum atomic E-state index is -0.385. The monoisotopic (exact) mass is 421 g/mol. The fourth-order valence-corrected chi connectivity index (χ4v) is 3.81. The van der Waals surface area contributed by atoms with Crippen molar-refractivity contribution >= 4 is 34.7 Å². The summed E-state index contributed by atoms with van der Waals surface area (Å²) in [6.07, 6.45) is 0. The first-order valence-corrected chi connectivity index (χ1v) is 10.1. The lowest BCUT2D eigenvalue weighted by Gasteiger charge is -2.07. The number of hydrogen-bond acceptors (Lipinski definition) is 8. The van der Waals surface area contributed by atoms with Crippen LogP contribution in [0.5, 0.6) is 6.01 Å². The molecule has 0 saturated carbocycles. The van der Waals surface area contributed by atoms with Crippen molar-refractivity contribution in [2.45, 2.75) is 17.5 Å². The van der Waals surface area contributed by atoms with Gasteiger partial charge in [-0.1, -0.05) is 54.2 Å². The standard InChI is InChI=1S/C21H19N5O3S/c1-29-19(27)15-9-5-8-14(10-15)12-30-20-24-17(22)16-18(25-20)26(21(28)23-16)11-13-6-3-2-4-7-13/h2-10H,11-12H2,1H3,(H,23,28)(H2,22,24,25). The number of aromatic hydroxyl groups is 1. The lowest BCUT2D eigenvalue weighted by atomic mass is 10.1. The molecule has 2 aromatic heterocycles. The van der Waals surface area contributed by atoms with E-state index in [1.807, 2.05) is 36.4 Å². The summed E-state index contributed by atoms with van der Waals surface area (Å²) in [5.74, 6) is 0.353. The number of methoxy groups -OCH3 is 1. The zero-order chi connectivity index (χ0) is 21.1. The topological polar surface area (TPSA) is 116 Å². The van der Waals surface area contributed by atoms with Gasteiger partial charge >= 0.3 is 5.97 Å². The summed E-state index contributed by atoms with van der Waals surface area (Å²) in [6.45, 7) is 0.408. The Balaban J connectivity index is 1.61. The van der Waals surface area contributed by atoms with Crippen LogP contribution in [0.15, 0.2) is 59.8 Å². The number of nitrogen functional groups attached to an aromatic ring is 1. The van der Waals surface area contributed by atoms with Gasteiger partial charge in [0.2, 0.25) is 0 Å². The lowest BCUT2D eigenvalue weighted by Crippen LogP contribution is -2.03. The zero-order valence-electron chi connectivity index (χ0n) is 16.1. The van der Waals surface area contributed by atoms with Crippen LogP contribution in [0.25, 0.3) is 11.2 Å². The molecule has 0 aliphatic heterocycles. The number of imidazole rings is 1. The third-order valence-electron chi connectivity index (χ3n) is 4.48. The predicted octanol–water partition coefficient (Wildman–Crippen LogP) is 3.24. The van der Waals surface area contributed by atoms with E-state index >= 15 is 0 Å². The highest BCUT2D eigenvalue weighted by Gasteiger charge is 2.17. The average molecular weight is 421 g/mol. The van der Waals surface area contributed by atoms with E-state index in [4.69, 9.17) is 10.5 Å². The Labute approximate surface area is 176 Å². The number of benzene rings is 2. The Morgan fingerprint density at radius 1 is 1.10 bits per heavy atom. The molecule has 4 aromatic rings. The van der Waals surface area contributed by atoms with Gasteiger partial charge in [0, 0.05) is 5.75 Å². The molecule has 0 aliphatic carbocycles. The molecule has 152 valence electrons. The van der Waals surface area contributed by atoms with Crippen LogP contribution in [0.4, 0.5) is 5.82 Å². The molecule has 0 amide bonds. The van der Waals surface area contributed by atoms with Crippen molar-refractivity contribution in [3.63, 3.8) is 0 Å². The van der Waals surface area contributed by atoms with Gasteiger partial charge in [-0.3, -0.25) is 4.57 Å². The van der Waals surface area contributed by atoms with Gasteiger partial charge in [0.1, 0.15) is 0 Å². The van der Waals surface area contributed by atoms with Crippen molar-refractivity contribution in [3.8, 4) is 6.01 Å². The Morgan fingerprint density at radius 2 is 1.87 bits per heavy atom. The number of hydrogen-bond donors (Lipinski definition) is 2. The van der Waals surface area contributed by atoms with Crippen molar-refractivity contribution in [2.75, 3.05) is 12.8 Å². The molecule has 0 radical (unpaired) electrons. The number of nitrogens with two attached hydrogens (primary N) is 1. The summed E-state index contributed by atoms with van der Waals surface area (Å²) in [5, 5.41) is 10.8. The van der Waals surface area contributed by atoms with Crippen molar-refractivity contribution < 1.29 is 14.6 Å². The first-order valence-electron chi connectivity index (χ1n) is 9.12. The minimum Gasteiger partial charge on any atom is -0.480 e. The molecule has 0 atom stereocenters. The molecule has 8 nitrogen and oxygen atoms in total. The highest BCUT2D eigenvalue weighted by Crippen LogP contribution is 2.28. The van der Waals surface area contributed by atoms with Crippen molar-refractivity contribution in [2.24, 2.45) is 0 Å². The number of rotatable bonds is 6. The number of nitrogens with zero attached hydrogens (tertiary/aromatic N) is 4. The number of anilines is 1. The van der Waals surface area contributed by atoms with E-state index in [1.54, 1.807) is 22.8 Å². The molecule has 0 fully saturated rings. The first kappa shape index (κ1) is 19.7. The van der Waals surface area contributed by atoms with Gasteiger partial charge in [-0.15, -0.1) is 0 Å². The van der Waals surface area contributed by atoms with E-state index in [-0.39, 0.29) is 17.8 Å². The van der Waals surface area contributed by atoms with E-state index in [0.717, 1.165) is 11.1 Å². The highest BCUT2D eigenvalue weighted by molar-refractivity contribution is 7.98. The molecule has 9 heteroatoms. The number of esters is 1. The van der Waals surface area contributed by atoms with Crippen LogP contribution in [0.1, 0.15) is 21.5 Å². The summed E-state index contributed by atoms with van der Waals surface area (Å²) < 4.78 is 6.36. The van der Waals surface area contributed by atoms with Crippen LogP contribution >= 0.6 is 11.8 Å². The van der Waals surface area contributed by atoms with E-state index in [1.165, 1.54) is 18.9 Å². The summed E-state index contributed by atoms with van der Waals surface area (Å²) >= 11 is 1.38. The first-order chi connectivity index (χ1) is 14.5. The summed E-state index contributed by atoms with van der Waals surface area (Å²) in [4.78, 5) is 24.7. The van der Waals surface area contributed by atoms with Crippen molar-refractivity contribution in [1.82, 2.24) is 19.5 Å². The third-order valence-corrected chi connectivity index (χ3v) is 5.40. The van der Waals surface area contributed by atoms with Gasteiger partial charge in [-0.05, 0) is 23.3 Å². The summed E-state index contributed by atoms with van der Waals surface area (Å²) in [5.41, 5.74) is 9.30. The maximum absolute atomic E-state index is 11.7. The van der Waals surface area contributed by atoms with Gasteiger partial charge in [0.15, 0.2) is 22.1 Å². The van der Waals surface area contributed by atoms with Crippen LogP contribution in [-0.2, 0) is 17.0 Å². The molecule has 4 rings (SSSR count).